The van der Waals surface area contributed by atoms with Crippen LogP contribution in [-0.2, 0) is 0 Å². The van der Waals surface area contributed by atoms with Crippen molar-refractivity contribution in [3.8, 4) is 5.75 Å². The summed E-state index contributed by atoms with van der Waals surface area (Å²) in [6.07, 6.45) is 3.25. The van der Waals surface area contributed by atoms with E-state index in [1.807, 2.05) is 6.92 Å². The van der Waals surface area contributed by atoms with Gasteiger partial charge in [-0.25, -0.2) is 0 Å². The van der Waals surface area contributed by atoms with Gasteiger partial charge in [0.25, 0.3) is 5.91 Å². The molecular weight excluding hydrogens is 274 g/mol. The second kappa shape index (κ2) is 6.35. The molecule has 6 heteroatoms. The summed E-state index contributed by atoms with van der Waals surface area (Å²) in [6, 6.07) is 0.485. The number of ether oxygens (including phenoxy) is 1. The van der Waals surface area contributed by atoms with E-state index < -0.39 is 0 Å². The average Bonchev–Trinajstić information content (AvgIpc) is 3.12. The normalized spacial score (nSPS) is 20.6. The van der Waals surface area contributed by atoms with Gasteiger partial charge in [0.05, 0.1) is 7.11 Å². The van der Waals surface area contributed by atoms with Crippen molar-refractivity contribution >= 4 is 27.9 Å². The predicted octanol–water partition coefficient (Wildman–Crippen LogP) is 2.69. The summed E-state index contributed by atoms with van der Waals surface area (Å²) in [7, 11) is 1.58. The van der Waals surface area contributed by atoms with Crippen molar-refractivity contribution in [1.82, 2.24) is 5.32 Å². The van der Waals surface area contributed by atoms with Crippen LogP contribution in [0.15, 0.2) is 0 Å². The molecule has 2 rings (SSSR count). The molecule has 2 unspecified atom stereocenters. The summed E-state index contributed by atoms with van der Waals surface area (Å²) in [5.41, 5.74) is 6.47. The molecule has 20 heavy (non-hydrogen) atoms. The fraction of sp³-hybridized carbons (Fsp3) is 0.643. The van der Waals surface area contributed by atoms with Crippen LogP contribution in [0.2, 0.25) is 0 Å². The van der Waals surface area contributed by atoms with E-state index >= 15 is 0 Å². The van der Waals surface area contributed by atoms with Crippen LogP contribution >= 0.6 is 11.3 Å². The lowest BCUT2D eigenvalue weighted by Gasteiger charge is -2.06. The van der Waals surface area contributed by atoms with Gasteiger partial charge >= 0.3 is 0 Å². The second-order valence-electron chi connectivity index (χ2n) is 5.12. The van der Waals surface area contributed by atoms with E-state index in [-0.39, 0.29) is 5.91 Å². The first-order valence-electron chi connectivity index (χ1n) is 7.13. The van der Waals surface area contributed by atoms with Crippen LogP contribution in [0.25, 0.3) is 0 Å². The Balaban J connectivity index is 2.14. The molecular formula is C14H23N3O2S. The Bertz CT molecular complexity index is 487. The van der Waals surface area contributed by atoms with Crippen LogP contribution in [0.4, 0.5) is 10.7 Å². The molecule has 5 nitrogen and oxygen atoms in total. The summed E-state index contributed by atoms with van der Waals surface area (Å²) in [4.78, 5) is 12.6. The van der Waals surface area contributed by atoms with Crippen LogP contribution in [0.1, 0.15) is 42.8 Å². The molecule has 1 amide bonds. The van der Waals surface area contributed by atoms with E-state index in [1.54, 1.807) is 7.11 Å². The van der Waals surface area contributed by atoms with Gasteiger partial charge < -0.3 is 21.1 Å². The minimum Gasteiger partial charge on any atom is -0.492 e. The zero-order valence-electron chi connectivity index (χ0n) is 12.3. The lowest BCUT2D eigenvalue weighted by molar-refractivity contribution is 0.0958. The third-order valence-corrected chi connectivity index (χ3v) is 4.73. The Morgan fingerprint density at radius 3 is 2.80 bits per heavy atom. The smallest absolute Gasteiger partial charge is 0.263 e. The number of nitrogen functional groups attached to an aromatic ring is 1. The second-order valence-corrected chi connectivity index (χ2v) is 6.14. The Hall–Kier alpha value is -1.43. The summed E-state index contributed by atoms with van der Waals surface area (Å²) in [5, 5.41) is 7.16. The maximum atomic E-state index is 12.1. The van der Waals surface area contributed by atoms with E-state index in [2.05, 4.69) is 17.6 Å². The van der Waals surface area contributed by atoms with Crippen molar-refractivity contribution in [2.24, 2.45) is 5.92 Å². The minimum atomic E-state index is -0.122. The quantitative estimate of drug-likeness (QED) is 0.723. The van der Waals surface area contributed by atoms with Crippen LogP contribution < -0.4 is 21.1 Å². The Labute approximate surface area is 123 Å². The van der Waals surface area contributed by atoms with Crippen LogP contribution in [0.3, 0.4) is 0 Å². The third-order valence-electron chi connectivity index (χ3n) is 3.61. The first-order valence-corrected chi connectivity index (χ1v) is 7.94. The summed E-state index contributed by atoms with van der Waals surface area (Å²) < 4.78 is 5.35. The fourth-order valence-electron chi connectivity index (χ4n) is 2.26. The molecule has 2 atom stereocenters. The number of hydrogen-bond acceptors (Lipinski definition) is 5. The molecule has 0 bridgehead atoms. The van der Waals surface area contributed by atoms with Crippen molar-refractivity contribution in [1.29, 1.82) is 0 Å². The number of thiophene rings is 1. The minimum absolute atomic E-state index is 0.122. The number of nitrogens with one attached hydrogen (secondary N) is 2. The van der Waals surface area contributed by atoms with Gasteiger partial charge in [-0.1, -0.05) is 20.3 Å². The molecule has 112 valence electrons. The number of hydrogen-bond donors (Lipinski definition) is 3. The predicted molar refractivity (Wildman–Crippen MR) is 83.7 cm³/mol. The lowest BCUT2D eigenvalue weighted by atomic mass is 10.3. The summed E-state index contributed by atoms with van der Waals surface area (Å²) >= 11 is 1.38. The molecule has 0 aliphatic heterocycles. The standard InChI is InChI=1S/C14H23N3O2S/c1-4-6-16-13(18)12-10(15)11(19-3)14(20-12)17-9-7-8(9)5-2/h8-9,17H,4-7,15H2,1-3H3,(H,16,18). The fourth-order valence-corrected chi connectivity index (χ4v) is 3.33. The number of methoxy groups -OCH3 is 1. The van der Waals surface area contributed by atoms with Crippen LogP contribution in [0.5, 0.6) is 5.75 Å². The summed E-state index contributed by atoms with van der Waals surface area (Å²) in [6.45, 7) is 4.86. The number of amides is 1. The first kappa shape index (κ1) is 15.0. The number of anilines is 2. The molecule has 0 spiro atoms. The van der Waals surface area contributed by atoms with Gasteiger partial charge in [0.1, 0.15) is 15.6 Å². The monoisotopic (exact) mass is 297 g/mol. The summed E-state index contributed by atoms with van der Waals surface area (Å²) in [5.74, 6) is 1.20. The van der Waals surface area contributed by atoms with Crippen molar-refractivity contribution in [2.75, 3.05) is 24.7 Å². The Morgan fingerprint density at radius 2 is 2.25 bits per heavy atom. The highest BCUT2D eigenvalue weighted by molar-refractivity contribution is 7.19. The Morgan fingerprint density at radius 1 is 1.50 bits per heavy atom. The van der Waals surface area contributed by atoms with Gasteiger partial charge in [-0.15, -0.1) is 11.3 Å². The molecule has 0 radical (unpaired) electrons. The van der Waals surface area contributed by atoms with E-state index in [0.29, 0.717) is 28.9 Å². The number of carbonyl (C=O) groups excluding carboxylic acids is 1. The van der Waals surface area contributed by atoms with Crippen LogP contribution in [-0.4, -0.2) is 25.6 Å². The van der Waals surface area contributed by atoms with Gasteiger partial charge in [0.2, 0.25) is 0 Å². The van der Waals surface area contributed by atoms with Gasteiger partial charge in [-0.3, -0.25) is 4.79 Å². The van der Waals surface area contributed by atoms with Crippen molar-refractivity contribution in [3.05, 3.63) is 4.88 Å². The molecule has 4 N–H and O–H groups in total. The molecule has 0 saturated heterocycles. The molecule has 1 aromatic rings. The first-order chi connectivity index (χ1) is 9.62. The highest BCUT2D eigenvalue weighted by Gasteiger charge is 2.36. The van der Waals surface area contributed by atoms with Crippen molar-refractivity contribution in [2.45, 2.75) is 39.2 Å². The molecule has 1 fully saturated rings. The van der Waals surface area contributed by atoms with E-state index in [9.17, 15) is 4.79 Å². The van der Waals surface area contributed by atoms with Crippen LogP contribution in [0, 0.1) is 5.92 Å². The Kier molecular flexibility index (Phi) is 4.75. The average molecular weight is 297 g/mol. The molecule has 1 heterocycles. The van der Waals surface area contributed by atoms with E-state index in [1.165, 1.54) is 24.2 Å². The lowest BCUT2D eigenvalue weighted by Crippen LogP contribution is -2.23. The molecule has 1 aromatic heterocycles. The zero-order valence-corrected chi connectivity index (χ0v) is 13.1. The molecule has 1 saturated carbocycles. The molecule has 1 aliphatic rings. The van der Waals surface area contributed by atoms with E-state index in [4.69, 9.17) is 10.5 Å². The highest BCUT2D eigenvalue weighted by atomic mass is 32.1. The van der Waals surface area contributed by atoms with Gasteiger partial charge in [-0.2, -0.15) is 0 Å². The zero-order chi connectivity index (χ0) is 14.7. The molecule has 0 aromatic carbocycles. The van der Waals surface area contributed by atoms with Crippen molar-refractivity contribution < 1.29 is 9.53 Å². The van der Waals surface area contributed by atoms with Gasteiger partial charge in [0, 0.05) is 12.6 Å². The molecule has 1 aliphatic carbocycles. The number of carbonyl (C=O) groups is 1. The number of nitrogens with two attached hydrogens (primary N) is 1. The van der Waals surface area contributed by atoms with Gasteiger partial charge in [0.15, 0.2) is 5.75 Å². The van der Waals surface area contributed by atoms with Crippen molar-refractivity contribution in [3.63, 3.8) is 0 Å². The third kappa shape index (κ3) is 3.00. The number of rotatable bonds is 7. The topological polar surface area (TPSA) is 76.4 Å². The van der Waals surface area contributed by atoms with Gasteiger partial charge in [-0.05, 0) is 18.8 Å². The van der Waals surface area contributed by atoms with E-state index in [0.717, 1.165) is 17.3 Å². The SMILES string of the molecule is CCCNC(=O)c1sc(NC2CC2CC)c(OC)c1N. The largest absolute Gasteiger partial charge is 0.492 e. The maximum absolute atomic E-state index is 12.1. The highest BCUT2D eigenvalue weighted by Crippen LogP contribution is 2.46. The maximum Gasteiger partial charge on any atom is 0.263 e.